The molecule has 0 saturated carbocycles. The van der Waals surface area contributed by atoms with Crippen molar-refractivity contribution in [2.24, 2.45) is 5.10 Å². The third-order valence-corrected chi connectivity index (χ3v) is 3.79. The van der Waals surface area contributed by atoms with Crippen molar-refractivity contribution in [2.45, 2.75) is 6.42 Å². The molecule has 0 spiro atoms. The third-order valence-electron chi connectivity index (χ3n) is 3.01. The minimum absolute atomic E-state index is 0.504. The van der Waals surface area contributed by atoms with E-state index in [2.05, 4.69) is 42.0 Å². The summed E-state index contributed by atoms with van der Waals surface area (Å²) in [5, 5.41) is 16.6. The minimum Gasteiger partial charge on any atom is -0.279 e. The van der Waals surface area contributed by atoms with Crippen LogP contribution in [0.25, 0.3) is 5.69 Å². The number of rotatable bonds is 5. The molecule has 1 aromatic heterocycles. The van der Waals surface area contributed by atoms with Crippen LogP contribution in [0.5, 0.6) is 0 Å². The van der Waals surface area contributed by atoms with Crippen molar-refractivity contribution in [2.75, 3.05) is 5.43 Å². The molecule has 1 heterocycles. The lowest BCUT2D eigenvalue weighted by Gasteiger charge is -2.03. The number of hydrogen-bond acceptors (Lipinski definition) is 5. The van der Waals surface area contributed by atoms with E-state index in [1.807, 2.05) is 36.4 Å². The Hall–Kier alpha value is -2.25. The number of hydrazone groups is 1. The van der Waals surface area contributed by atoms with Gasteiger partial charge in [0.05, 0.1) is 11.4 Å². The van der Waals surface area contributed by atoms with Gasteiger partial charge in [0, 0.05) is 22.1 Å². The van der Waals surface area contributed by atoms with Gasteiger partial charge < -0.3 is 0 Å². The number of nitrogens with one attached hydrogen (secondary N) is 1. The number of benzene rings is 2. The molecule has 8 heteroatoms. The molecule has 0 bridgehead atoms. The predicted octanol–water partition coefficient (Wildman–Crippen LogP) is 3.72. The van der Waals surface area contributed by atoms with E-state index < -0.39 is 0 Å². The van der Waals surface area contributed by atoms with Crippen LogP contribution in [0, 0.1) is 0 Å². The molecule has 6 nitrogen and oxygen atoms in total. The molecule has 0 aliphatic rings. The monoisotopic (exact) mass is 390 g/mol. The second kappa shape index (κ2) is 7.34. The van der Waals surface area contributed by atoms with Gasteiger partial charge in [-0.25, -0.2) is 0 Å². The highest BCUT2D eigenvalue weighted by Crippen LogP contribution is 2.14. The first-order valence-electron chi connectivity index (χ1n) is 6.79. The fourth-order valence-electron chi connectivity index (χ4n) is 1.89. The first kappa shape index (κ1) is 15.6. The second-order valence-electron chi connectivity index (χ2n) is 4.62. The lowest BCUT2D eigenvalue weighted by molar-refractivity contribution is 0.776. The SMILES string of the molecule is Clc1ccc(N/N=C/Cc2nnnn2-c2ccc(Br)cc2)cc1. The summed E-state index contributed by atoms with van der Waals surface area (Å²) in [5.41, 5.74) is 4.68. The minimum atomic E-state index is 0.504. The van der Waals surface area contributed by atoms with Crippen LogP contribution < -0.4 is 5.43 Å². The fourth-order valence-corrected chi connectivity index (χ4v) is 2.28. The summed E-state index contributed by atoms with van der Waals surface area (Å²) in [6, 6.07) is 15.1. The van der Waals surface area contributed by atoms with Gasteiger partial charge in [0.15, 0.2) is 5.82 Å². The Morgan fingerprint density at radius 3 is 2.61 bits per heavy atom. The first-order chi connectivity index (χ1) is 11.2. The molecule has 116 valence electrons. The zero-order chi connectivity index (χ0) is 16.1. The van der Waals surface area contributed by atoms with Crippen molar-refractivity contribution < 1.29 is 0 Å². The van der Waals surface area contributed by atoms with Crippen LogP contribution >= 0.6 is 27.5 Å². The molecule has 0 unspecified atom stereocenters. The van der Waals surface area contributed by atoms with Crippen LogP contribution in [0.1, 0.15) is 5.82 Å². The molecule has 0 atom stereocenters. The molecular weight excluding hydrogens is 380 g/mol. The van der Waals surface area contributed by atoms with E-state index in [0.717, 1.165) is 15.8 Å². The van der Waals surface area contributed by atoms with E-state index in [-0.39, 0.29) is 0 Å². The molecular formula is C15H12BrClN6. The largest absolute Gasteiger partial charge is 0.279 e. The Kier molecular flexibility index (Phi) is 4.99. The zero-order valence-corrected chi connectivity index (χ0v) is 14.2. The number of halogens is 2. The Morgan fingerprint density at radius 2 is 1.87 bits per heavy atom. The Balaban J connectivity index is 1.65. The second-order valence-corrected chi connectivity index (χ2v) is 5.97. The summed E-state index contributed by atoms with van der Waals surface area (Å²) in [4.78, 5) is 0. The van der Waals surface area contributed by atoms with Crippen LogP contribution in [0.3, 0.4) is 0 Å². The molecule has 1 N–H and O–H groups in total. The summed E-state index contributed by atoms with van der Waals surface area (Å²) in [6.45, 7) is 0. The van der Waals surface area contributed by atoms with E-state index >= 15 is 0 Å². The van der Waals surface area contributed by atoms with Crippen LogP contribution in [-0.2, 0) is 6.42 Å². The van der Waals surface area contributed by atoms with Crippen molar-refractivity contribution in [3.05, 3.63) is 63.9 Å². The highest BCUT2D eigenvalue weighted by atomic mass is 79.9. The van der Waals surface area contributed by atoms with Gasteiger partial charge in [0.25, 0.3) is 0 Å². The zero-order valence-electron chi connectivity index (χ0n) is 11.9. The molecule has 3 aromatic rings. The quantitative estimate of drug-likeness (QED) is 0.532. The van der Waals surface area contributed by atoms with Gasteiger partial charge >= 0.3 is 0 Å². The van der Waals surface area contributed by atoms with Crippen molar-refractivity contribution in [3.8, 4) is 5.69 Å². The number of anilines is 1. The highest BCUT2D eigenvalue weighted by molar-refractivity contribution is 9.10. The van der Waals surface area contributed by atoms with Crippen LogP contribution in [0.15, 0.2) is 58.1 Å². The average molecular weight is 392 g/mol. The van der Waals surface area contributed by atoms with Crippen LogP contribution in [0.4, 0.5) is 5.69 Å². The molecule has 23 heavy (non-hydrogen) atoms. The topological polar surface area (TPSA) is 68.0 Å². The predicted molar refractivity (Wildman–Crippen MR) is 94.1 cm³/mol. The van der Waals surface area contributed by atoms with Crippen LogP contribution in [-0.4, -0.2) is 26.4 Å². The van der Waals surface area contributed by atoms with Gasteiger partial charge in [-0.1, -0.05) is 27.5 Å². The normalized spacial score (nSPS) is 11.0. The number of tetrazole rings is 1. The van der Waals surface area contributed by atoms with E-state index in [0.29, 0.717) is 17.3 Å². The van der Waals surface area contributed by atoms with Crippen molar-refractivity contribution in [1.29, 1.82) is 0 Å². The lowest BCUT2D eigenvalue weighted by Crippen LogP contribution is -2.04. The summed E-state index contributed by atoms with van der Waals surface area (Å²) in [7, 11) is 0. The van der Waals surface area contributed by atoms with Crippen molar-refractivity contribution in [1.82, 2.24) is 20.2 Å². The molecule has 0 radical (unpaired) electrons. The van der Waals surface area contributed by atoms with Gasteiger partial charge in [-0.15, -0.1) is 5.10 Å². The van der Waals surface area contributed by atoms with Gasteiger partial charge in [-0.3, -0.25) is 5.43 Å². The van der Waals surface area contributed by atoms with E-state index in [1.54, 1.807) is 23.0 Å². The molecule has 0 fully saturated rings. The molecule has 3 rings (SSSR count). The molecule has 0 aliphatic carbocycles. The first-order valence-corrected chi connectivity index (χ1v) is 7.96. The average Bonchev–Trinajstić information content (AvgIpc) is 3.02. The maximum Gasteiger partial charge on any atom is 0.162 e. The smallest absolute Gasteiger partial charge is 0.162 e. The third kappa shape index (κ3) is 4.14. The van der Waals surface area contributed by atoms with Crippen molar-refractivity contribution >= 4 is 39.4 Å². The van der Waals surface area contributed by atoms with E-state index in [1.165, 1.54) is 0 Å². The summed E-state index contributed by atoms with van der Waals surface area (Å²) >= 11 is 9.24. The number of aromatic nitrogens is 4. The summed E-state index contributed by atoms with van der Waals surface area (Å²) < 4.78 is 2.69. The Bertz CT molecular complexity index is 798. The van der Waals surface area contributed by atoms with Gasteiger partial charge in [0.2, 0.25) is 0 Å². The summed E-state index contributed by atoms with van der Waals surface area (Å²) in [5.74, 6) is 0.703. The van der Waals surface area contributed by atoms with E-state index in [4.69, 9.17) is 11.6 Å². The van der Waals surface area contributed by atoms with Crippen LogP contribution in [0.2, 0.25) is 5.02 Å². The Morgan fingerprint density at radius 1 is 1.13 bits per heavy atom. The fraction of sp³-hybridized carbons (Fsp3) is 0.0667. The highest BCUT2D eigenvalue weighted by Gasteiger charge is 2.06. The molecule has 0 aliphatic heterocycles. The number of nitrogens with zero attached hydrogens (tertiary/aromatic N) is 5. The standard InChI is InChI=1S/C15H12BrClN6/c16-11-1-7-14(8-2-11)23-15(20-21-22-23)9-10-18-19-13-5-3-12(17)4-6-13/h1-8,10,19H,9H2/b18-10+. The van der Waals surface area contributed by atoms with Gasteiger partial charge in [-0.2, -0.15) is 9.78 Å². The Labute approximate surface area is 146 Å². The maximum atomic E-state index is 5.83. The molecule has 2 aromatic carbocycles. The van der Waals surface area contributed by atoms with Gasteiger partial charge in [0.1, 0.15) is 0 Å². The number of hydrogen-bond donors (Lipinski definition) is 1. The maximum absolute atomic E-state index is 5.83. The molecule has 0 amide bonds. The lowest BCUT2D eigenvalue weighted by atomic mass is 10.3. The molecule has 0 saturated heterocycles. The van der Waals surface area contributed by atoms with Crippen molar-refractivity contribution in [3.63, 3.8) is 0 Å². The van der Waals surface area contributed by atoms with E-state index in [9.17, 15) is 0 Å². The van der Waals surface area contributed by atoms with Gasteiger partial charge in [-0.05, 0) is 59.0 Å². The summed E-state index contributed by atoms with van der Waals surface area (Å²) in [6.07, 6.45) is 2.22.